The SMILES string of the molecule is CC(C)(C)c1c(F)cc(OCCNC(=O)c2cnn3ccccc23)cc1F. The Morgan fingerprint density at radius 1 is 1.22 bits per heavy atom. The summed E-state index contributed by atoms with van der Waals surface area (Å²) in [4.78, 5) is 12.3. The van der Waals surface area contributed by atoms with Crippen LogP contribution in [-0.2, 0) is 5.41 Å². The highest BCUT2D eigenvalue weighted by molar-refractivity contribution is 6.00. The fourth-order valence-corrected chi connectivity index (χ4v) is 2.89. The van der Waals surface area contributed by atoms with E-state index in [0.717, 1.165) is 12.1 Å². The summed E-state index contributed by atoms with van der Waals surface area (Å²) >= 11 is 0. The van der Waals surface area contributed by atoms with Gasteiger partial charge in [-0.3, -0.25) is 4.79 Å². The van der Waals surface area contributed by atoms with E-state index in [9.17, 15) is 13.6 Å². The molecule has 142 valence electrons. The average molecular weight is 373 g/mol. The molecule has 7 heteroatoms. The fourth-order valence-electron chi connectivity index (χ4n) is 2.89. The lowest BCUT2D eigenvalue weighted by Crippen LogP contribution is -2.28. The Bertz CT molecular complexity index is 954. The van der Waals surface area contributed by atoms with Gasteiger partial charge in [0.1, 0.15) is 24.0 Å². The summed E-state index contributed by atoms with van der Waals surface area (Å²) in [5, 5.41) is 6.81. The molecule has 0 radical (unpaired) electrons. The standard InChI is InChI=1S/C20H21F2N3O2/c1-20(2,3)18-15(21)10-13(11-16(18)22)27-9-7-23-19(26)14-12-24-25-8-5-4-6-17(14)25/h4-6,8,10-12H,7,9H2,1-3H3,(H,23,26). The summed E-state index contributed by atoms with van der Waals surface area (Å²) in [5.74, 6) is -1.50. The normalized spacial score (nSPS) is 11.6. The van der Waals surface area contributed by atoms with E-state index in [4.69, 9.17) is 4.74 Å². The number of hydrogen-bond acceptors (Lipinski definition) is 3. The molecule has 2 aromatic heterocycles. The molecule has 0 bridgehead atoms. The Morgan fingerprint density at radius 3 is 2.59 bits per heavy atom. The quantitative estimate of drug-likeness (QED) is 0.694. The van der Waals surface area contributed by atoms with Crippen LogP contribution in [0.3, 0.4) is 0 Å². The van der Waals surface area contributed by atoms with E-state index >= 15 is 0 Å². The first-order valence-electron chi connectivity index (χ1n) is 8.60. The summed E-state index contributed by atoms with van der Waals surface area (Å²) in [6.45, 7) is 5.49. The van der Waals surface area contributed by atoms with Crippen LogP contribution in [0.1, 0.15) is 36.7 Å². The van der Waals surface area contributed by atoms with Crippen molar-refractivity contribution in [2.45, 2.75) is 26.2 Å². The minimum absolute atomic E-state index is 0.0243. The third-order valence-corrected chi connectivity index (χ3v) is 4.09. The Hall–Kier alpha value is -2.96. The van der Waals surface area contributed by atoms with Crippen LogP contribution >= 0.6 is 0 Å². The molecule has 0 fully saturated rings. The van der Waals surface area contributed by atoms with Crippen molar-refractivity contribution in [1.82, 2.24) is 14.9 Å². The fraction of sp³-hybridized carbons (Fsp3) is 0.300. The molecule has 0 spiro atoms. The van der Waals surface area contributed by atoms with Gasteiger partial charge in [0, 0.05) is 23.9 Å². The Kier molecular flexibility index (Phi) is 5.12. The van der Waals surface area contributed by atoms with Crippen molar-refractivity contribution in [3.8, 4) is 5.75 Å². The van der Waals surface area contributed by atoms with Gasteiger partial charge < -0.3 is 10.1 Å². The Balaban J connectivity index is 1.58. The maximum Gasteiger partial charge on any atom is 0.255 e. The van der Waals surface area contributed by atoms with Crippen molar-refractivity contribution >= 4 is 11.4 Å². The van der Waals surface area contributed by atoms with E-state index in [0.29, 0.717) is 11.1 Å². The van der Waals surface area contributed by atoms with Crippen LogP contribution < -0.4 is 10.1 Å². The Labute approximate surface area is 156 Å². The van der Waals surface area contributed by atoms with Gasteiger partial charge in [-0.1, -0.05) is 26.8 Å². The lowest BCUT2D eigenvalue weighted by atomic mass is 9.86. The zero-order valence-corrected chi connectivity index (χ0v) is 15.4. The number of rotatable bonds is 5. The molecular formula is C20H21F2N3O2. The highest BCUT2D eigenvalue weighted by Crippen LogP contribution is 2.30. The second-order valence-corrected chi connectivity index (χ2v) is 7.20. The molecule has 5 nitrogen and oxygen atoms in total. The number of aromatic nitrogens is 2. The molecule has 3 rings (SSSR count). The smallest absolute Gasteiger partial charge is 0.255 e. The third kappa shape index (κ3) is 4.07. The maximum absolute atomic E-state index is 14.2. The zero-order chi connectivity index (χ0) is 19.6. The van der Waals surface area contributed by atoms with Gasteiger partial charge in [-0.2, -0.15) is 5.10 Å². The van der Waals surface area contributed by atoms with E-state index < -0.39 is 17.0 Å². The minimum Gasteiger partial charge on any atom is -0.492 e. The lowest BCUT2D eigenvalue weighted by molar-refractivity contribution is 0.0948. The summed E-state index contributed by atoms with van der Waals surface area (Å²) in [5.41, 5.74) is 0.519. The van der Waals surface area contributed by atoms with E-state index in [-0.39, 0.29) is 30.4 Å². The van der Waals surface area contributed by atoms with Gasteiger partial charge in [-0.05, 0) is 17.5 Å². The van der Waals surface area contributed by atoms with Gasteiger partial charge >= 0.3 is 0 Å². The van der Waals surface area contributed by atoms with Gasteiger partial charge in [0.15, 0.2) is 0 Å². The van der Waals surface area contributed by atoms with Crippen LogP contribution in [0.25, 0.3) is 5.52 Å². The van der Waals surface area contributed by atoms with Crippen LogP contribution in [-0.4, -0.2) is 28.7 Å². The number of nitrogens with zero attached hydrogens (tertiary/aromatic N) is 2. The second kappa shape index (κ2) is 7.34. The number of benzene rings is 1. The Morgan fingerprint density at radius 2 is 1.93 bits per heavy atom. The third-order valence-electron chi connectivity index (χ3n) is 4.09. The van der Waals surface area contributed by atoms with Gasteiger partial charge in [0.25, 0.3) is 5.91 Å². The molecule has 1 N–H and O–H groups in total. The molecule has 2 heterocycles. The molecule has 1 amide bonds. The number of ether oxygens (including phenoxy) is 1. The summed E-state index contributed by atoms with van der Waals surface area (Å²) < 4.78 is 35.3. The van der Waals surface area contributed by atoms with Crippen LogP contribution in [0.5, 0.6) is 5.75 Å². The highest BCUT2D eigenvalue weighted by Gasteiger charge is 2.24. The summed E-state index contributed by atoms with van der Waals surface area (Å²) in [6, 6.07) is 7.76. The van der Waals surface area contributed by atoms with Gasteiger partial charge in [0.05, 0.1) is 23.8 Å². The van der Waals surface area contributed by atoms with Crippen LogP contribution in [0.4, 0.5) is 8.78 Å². The van der Waals surface area contributed by atoms with E-state index in [1.54, 1.807) is 37.5 Å². The molecular weight excluding hydrogens is 352 g/mol. The summed E-state index contributed by atoms with van der Waals surface area (Å²) in [7, 11) is 0. The van der Waals surface area contributed by atoms with Gasteiger partial charge in [-0.15, -0.1) is 0 Å². The molecule has 0 aliphatic rings. The van der Waals surface area contributed by atoms with Crippen molar-refractivity contribution in [1.29, 1.82) is 0 Å². The van der Waals surface area contributed by atoms with E-state index in [1.807, 2.05) is 12.1 Å². The van der Waals surface area contributed by atoms with E-state index in [2.05, 4.69) is 10.4 Å². The maximum atomic E-state index is 14.2. The van der Waals surface area contributed by atoms with Crippen LogP contribution in [0, 0.1) is 11.6 Å². The molecule has 3 aromatic rings. The molecule has 1 aromatic carbocycles. The molecule has 0 saturated heterocycles. The molecule has 0 aliphatic carbocycles. The molecule has 0 unspecified atom stereocenters. The first-order chi connectivity index (χ1) is 12.8. The highest BCUT2D eigenvalue weighted by atomic mass is 19.1. The molecule has 0 saturated carbocycles. The largest absolute Gasteiger partial charge is 0.492 e. The number of pyridine rings is 1. The number of carbonyl (C=O) groups excluding carboxylic acids is 1. The molecule has 27 heavy (non-hydrogen) atoms. The number of halogens is 2. The predicted octanol–water partition coefficient (Wildman–Crippen LogP) is 3.72. The monoisotopic (exact) mass is 373 g/mol. The van der Waals surface area contributed by atoms with Crippen molar-refractivity contribution < 1.29 is 18.3 Å². The van der Waals surface area contributed by atoms with Gasteiger partial charge in [-0.25, -0.2) is 13.3 Å². The number of fused-ring (bicyclic) bond motifs is 1. The van der Waals surface area contributed by atoms with Crippen molar-refractivity contribution in [3.05, 3.63) is 65.5 Å². The number of nitrogens with one attached hydrogen (secondary N) is 1. The van der Waals surface area contributed by atoms with Crippen LogP contribution in [0.2, 0.25) is 0 Å². The first-order valence-corrected chi connectivity index (χ1v) is 8.60. The molecule has 0 aliphatic heterocycles. The second-order valence-electron chi connectivity index (χ2n) is 7.20. The minimum atomic E-state index is -0.645. The topological polar surface area (TPSA) is 55.6 Å². The van der Waals surface area contributed by atoms with E-state index in [1.165, 1.54) is 6.20 Å². The average Bonchev–Trinajstić information content (AvgIpc) is 3.01. The number of hydrogen-bond donors (Lipinski definition) is 1. The predicted molar refractivity (Wildman–Crippen MR) is 98.1 cm³/mol. The summed E-state index contributed by atoms with van der Waals surface area (Å²) in [6.07, 6.45) is 3.24. The van der Waals surface area contributed by atoms with Crippen molar-refractivity contribution in [2.24, 2.45) is 0 Å². The number of carbonyl (C=O) groups is 1. The van der Waals surface area contributed by atoms with Crippen molar-refractivity contribution in [2.75, 3.05) is 13.2 Å². The van der Waals surface area contributed by atoms with Crippen LogP contribution in [0.15, 0.2) is 42.7 Å². The zero-order valence-electron chi connectivity index (χ0n) is 15.4. The first kappa shape index (κ1) is 18.8. The lowest BCUT2D eigenvalue weighted by Gasteiger charge is -2.21. The molecule has 0 atom stereocenters. The van der Waals surface area contributed by atoms with Gasteiger partial charge in [0.2, 0.25) is 0 Å². The number of amides is 1. The van der Waals surface area contributed by atoms with Crippen molar-refractivity contribution in [3.63, 3.8) is 0 Å².